The average molecular weight is 556 g/mol. The normalized spacial score (nSPS) is 15.3. The van der Waals surface area contributed by atoms with Gasteiger partial charge in [0, 0.05) is 42.9 Å². The molecular weight excluding hydrogens is 534 g/mol. The van der Waals surface area contributed by atoms with Crippen LogP contribution in [0.1, 0.15) is 36.9 Å². The van der Waals surface area contributed by atoms with Gasteiger partial charge in [0.25, 0.3) is 11.8 Å². The summed E-state index contributed by atoms with van der Waals surface area (Å²) in [5.74, 6) is -0.229. The molecule has 0 radical (unpaired) electrons. The number of halogens is 1. The molecule has 194 valence electrons. The maximum absolute atomic E-state index is 13.6. The zero-order valence-electron chi connectivity index (χ0n) is 20.6. The summed E-state index contributed by atoms with van der Waals surface area (Å²) < 4.78 is 0. The fraction of sp³-hybridized carbons (Fsp3) is 0.138. The van der Waals surface area contributed by atoms with E-state index in [9.17, 15) is 14.4 Å². The summed E-state index contributed by atoms with van der Waals surface area (Å²) in [6, 6.07) is 15.4. The number of rotatable bonds is 6. The second-order valence-corrected chi connectivity index (χ2v) is 10.6. The minimum absolute atomic E-state index is 0.0415. The quantitative estimate of drug-likeness (QED) is 0.295. The van der Waals surface area contributed by atoms with Crippen LogP contribution in [-0.4, -0.2) is 43.5 Å². The van der Waals surface area contributed by atoms with Crippen molar-refractivity contribution in [2.45, 2.75) is 25.4 Å². The van der Waals surface area contributed by atoms with Gasteiger partial charge in [-0.3, -0.25) is 19.4 Å². The van der Waals surface area contributed by atoms with Gasteiger partial charge in [-0.1, -0.05) is 23.7 Å². The van der Waals surface area contributed by atoms with Crippen molar-refractivity contribution in [2.24, 2.45) is 0 Å². The number of pyridine rings is 2. The number of thiophene rings is 1. The molecule has 8 nitrogen and oxygen atoms in total. The van der Waals surface area contributed by atoms with E-state index in [0.717, 1.165) is 22.2 Å². The summed E-state index contributed by atoms with van der Waals surface area (Å²) in [7, 11) is 0. The van der Waals surface area contributed by atoms with Gasteiger partial charge in [-0.2, -0.15) is 0 Å². The lowest BCUT2D eigenvalue weighted by atomic mass is 10.0. The molecule has 0 fully saturated rings. The van der Waals surface area contributed by atoms with Gasteiger partial charge in [-0.15, -0.1) is 11.3 Å². The smallest absolute Gasteiger partial charge is 0.265 e. The molecule has 0 saturated carbocycles. The number of hydrogen-bond donors (Lipinski definition) is 2. The van der Waals surface area contributed by atoms with E-state index in [0.29, 0.717) is 22.7 Å². The fourth-order valence-electron chi connectivity index (χ4n) is 4.78. The van der Waals surface area contributed by atoms with Gasteiger partial charge in [-0.25, -0.2) is 4.98 Å². The number of ketones is 1. The van der Waals surface area contributed by atoms with Crippen LogP contribution in [0.3, 0.4) is 0 Å². The van der Waals surface area contributed by atoms with Crippen molar-refractivity contribution in [1.82, 2.24) is 19.9 Å². The molecule has 2 N–H and O–H groups in total. The second-order valence-electron chi connectivity index (χ2n) is 9.29. The summed E-state index contributed by atoms with van der Waals surface area (Å²) >= 11 is 7.89. The Hall–Kier alpha value is -4.34. The highest BCUT2D eigenvalue weighted by atomic mass is 35.5. The lowest BCUT2D eigenvalue weighted by Gasteiger charge is -2.29. The number of Topliss-reactive ketones (excluding diaryl/α,β-unsaturated/α-hetero) is 1. The number of amides is 2. The van der Waals surface area contributed by atoms with E-state index in [1.54, 1.807) is 47.8 Å². The SMILES string of the molecule is O=C(Nc1cc2cc[nH]c2cn1)c1ccc(CN2C(=O)c3sccc3CC(=O)C2Cc2ccccn2)cc1Cl. The van der Waals surface area contributed by atoms with Crippen LogP contribution in [0.4, 0.5) is 5.82 Å². The summed E-state index contributed by atoms with van der Waals surface area (Å²) in [6.45, 7) is 0.159. The average Bonchev–Trinajstić information content (AvgIpc) is 3.58. The molecular formula is C29H22ClN5O3S. The lowest BCUT2D eigenvalue weighted by Crippen LogP contribution is -2.44. The summed E-state index contributed by atoms with van der Waals surface area (Å²) in [6.07, 6.45) is 5.63. The van der Waals surface area contributed by atoms with E-state index >= 15 is 0 Å². The number of fused-ring (bicyclic) bond motifs is 2. The first-order valence-corrected chi connectivity index (χ1v) is 13.5. The summed E-state index contributed by atoms with van der Waals surface area (Å²) in [5, 5.41) is 5.77. The first kappa shape index (κ1) is 25.0. The number of aromatic nitrogens is 3. The Bertz CT molecular complexity index is 1710. The number of aromatic amines is 1. The fourth-order valence-corrected chi connectivity index (χ4v) is 5.94. The van der Waals surface area contributed by atoms with Crippen molar-refractivity contribution in [3.63, 3.8) is 0 Å². The molecule has 1 aromatic carbocycles. The molecule has 0 aliphatic carbocycles. The van der Waals surface area contributed by atoms with Gasteiger partial charge in [0.05, 0.1) is 33.2 Å². The molecule has 0 spiro atoms. The molecule has 4 aromatic heterocycles. The highest BCUT2D eigenvalue weighted by Crippen LogP contribution is 2.29. The minimum Gasteiger partial charge on any atom is -0.360 e. The number of carbonyl (C=O) groups is 3. The largest absolute Gasteiger partial charge is 0.360 e. The van der Waals surface area contributed by atoms with Gasteiger partial charge < -0.3 is 15.2 Å². The third-order valence-electron chi connectivity index (χ3n) is 6.75. The number of nitrogens with zero attached hydrogens (tertiary/aromatic N) is 3. The Kier molecular flexibility index (Phi) is 6.68. The van der Waals surface area contributed by atoms with Gasteiger partial charge >= 0.3 is 0 Å². The number of nitrogens with one attached hydrogen (secondary N) is 2. The van der Waals surface area contributed by atoms with Gasteiger partial charge in [0.15, 0.2) is 5.78 Å². The van der Waals surface area contributed by atoms with Gasteiger partial charge in [-0.05, 0) is 59.0 Å². The highest BCUT2D eigenvalue weighted by molar-refractivity contribution is 7.12. The molecule has 1 unspecified atom stereocenters. The number of hydrogen-bond acceptors (Lipinski definition) is 6. The predicted molar refractivity (Wildman–Crippen MR) is 150 cm³/mol. The summed E-state index contributed by atoms with van der Waals surface area (Å²) in [4.78, 5) is 53.8. The molecule has 1 atom stereocenters. The number of benzene rings is 1. The third kappa shape index (κ3) is 5.06. The molecule has 0 saturated heterocycles. The summed E-state index contributed by atoms with van der Waals surface area (Å²) in [5.41, 5.74) is 3.33. The first-order chi connectivity index (χ1) is 19.0. The van der Waals surface area contributed by atoms with Crippen LogP contribution >= 0.6 is 22.9 Å². The Morgan fingerprint density at radius 1 is 1.13 bits per heavy atom. The maximum Gasteiger partial charge on any atom is 0.265 e. The lowest BCUT2D eigenvalue weighted by molar-refractivity contribution is -0.122. The Morgan fingerprint density at radius 3 is 2.85 bits per heavy atom. The van der Waals surface area contributed by atoms with Crippen molar-refractivity contribution in [3.8, 4) is 0 Å². The van der Waals surface area contributed by atoms with Crippen LogP contribution in [0.2, 0.25) is 5.02 Å². The molecule has 5 heterocycles. The van der Waals surface area contributed by atoms with Crippen LogP contribution in [0.5, 0.6) is 0 Å². The van der Waals surface area contributed by atoms with Crippen LogP contribution in [0.15, 0.2) is 78.6 Å². The standard InChI is InChI=1S/C29H22ClN5O3S/c30-22-11-17(4-5-21(22)28(37)34-26-13-18-6-9-32-23(18)15-33-26)16-35-24(14-20-3-1-2-8-31-20)25(36)12-19-7-10-39-27(19)29(35)38/h1-11,13,15,24,32H,12,14,16H2,(H,33,34,37). The number of anilines is 1. The topological polar surface area (TPSA) is 108 Å². The molecule has 2 amide bonds. The molecule has 6 rings (SSSR count). The zero-order chi connectivity index (χ0) is 26.9. The predicted octanol–water partition coefficient (Wildman–Crippen LogP) is 5.30. The Morgan fingerprint density at radius 2 is 2.03 bits per heavy atom. The minimum atomic E-state index is -0.678. The van der Waals surface area contributed by atoms with Crippen molar-refractivity contribution in [3.05, 3.63) is 111 Å². The number of H-pyrrole nitrogens is 1. The monoisotopic (exact) mass is 555 g/mol. The van der Waals surface area contributed by atoms with E-state index in [2.05, 4.69) is 20.3 Å². The third-order valence-corrected chi connectivity index (χ3v) is 8.01. The molecule has 10 heteroatoms. The molecule has 39 heavy (non-hydrogen) atoms. The van der Waals surface area contributed by atoms with Crippen molar-refractivity contribution in [2.75, 3.05) is 5.32 Å². The van der Waals surface area contributed by atoms with Crippen LogP contribution in [-0.2, 0) is 24.2 Å². The highest BCUT2D eigenvalue weighted by Gasteiger charge is 2.36. The zero-order valence-corrected chi connectivity index (χ0v) is 22.1. The van der Waals surface area contributed by atoms with E-state index in [1.165, 1.54) is 11.3 Å². The molecule has 1 aliphatic rings. The molecule has 5 aromatic rings. The number of carbonyl (C=O) groups excluding carboxylic acids is 3. The van der Waals surface area contributed by atoms with Gasteiger partial charge in [0.2, 0.25) is 0 Å². The first-order valence-electron chi connectivity index (χ1n) is 12.3. The Balaban J connectivity index is 1.26. The second kappa shape index (κ2) is 10.4. The van der Waals surface area contributed by atoms with Gasteiger partial charge in [0.1, 0.15) is 5.82 Å². The van der Waals surface area contributed by atoms with Crippen LogP contribution in [0.25, 0.3) is 10.9 Å². The van der Waals surface area contributed by atoms with E-state index in [4.69, 9.17) is 11.6 Å². The van der Waals surface area contributed by atoms with Crippen molar-refractivity contribution >= 4 is 57.3 Å². The molecule has 1 aliphatic heterocycles. The van der Waals surface area contributed by atoms with E-state index < -0.39 is 11.9 Å². The van der Waals surface area contributed by atoms with E-state index in [-0.39, 0.29) is 35.2 Å². The van der Waals surface area contributed by atoms with Crippen LogP contribution in [0, 0.1) is 0 Å². The van der Waals surface area contributed by atoms with Crippen molar-refractivity contribution < 1.29 is 14.4 Å². The van der Waals surface area contributed by atoms with E-state index in [1.807, 2.05) is 35.7 Å². The maximum atomic E-state index is 13.6. The van der Waals surface area contributed by atoms with Crippen LogP contribution < -0.4 is 5.32 Å². The van der Waals surface area contributed by atoms with Crippen molar-refractivity contribution in [1.29, 1.82) is 0 Å². The Labute approximate surface area is 232 Å². The molecule has 0 bridgehead atoms.